The van der Waals surface area contributed by atoms with Crippen LogP contribution in [0.1, 0.15) is 70.6 Å². The van der Waals surface area contributed by atoms with E-state index in [2.05, 4.69) is 5.32 Å². The third-order valence-electron chi connectivity index (χ3n) is 4.70. The SMILES string of the molecule is O=C(NC1(C(=O)O)CCCCCC1)C1CCCCC1. The summed E-state index contributed by atoms with van der Waals surface area (Å²) in [6, 6.07) is 0. The first-order valence-electron chi connectivity index (χ1n) is 7.69. The summed E-state index contributed by atoms with van der Waals surface area (Å²) < 4.78 is 0. The zero-order chi connectivity index (χ0) is 13.7. The lowest BCUT2D eigenvalue weighted by molar-refractivity contribution is -0.149. The van der Waals surface area contributed by atoms with Crippen molar-refractivity contribution in [3.05, 3.63) is 0 Å². The minimum absolute atomic E-state index is 0.0241. The molecule has 0 bridgehead atoms. The van der Waals surface area contributed by atoms with Gasteiger partial charge in [0, 0.05) is 5.92 Å². The van der Waals surface area contributed by atoms with Crippen LogP contribution in [0, 0.1) is 5.92 Å². The molecule has 2 aliphatic carbocycles. The summed E-state index contributed by atoms with van der Waals surface area (Å²) in [5.41, 5.74) is -0.995. The van der Waals surface area contributed by atoms with Crippen molar-refractivity contribution in [3.63, 3.8) is 0 Å². The second-order valence-electron chi connectivity index (χ2n) is 6.13. The Labute approximate surface area is 115 Å². The number of carbonyl (C=O) groups is 2. The van der Waals surface area contributed by atoms with Gasteiger partial charge in [0.15, 0.2) is 0 Å². The molecule has 0 aromatic heterocycles. The van der Waals surface area contributed by atoms with E-state index in [0.717, 1.165) is 51.4 Å². The van der Waals surface area contributed by atoms with E-state index in [1.54, 1.807) is 0 Å². The summed E-state index contributed by atoms with van der Waals surface area (Å²) in [6.07, 6.45) is 10.4. The van der Waals surface area contributed by atoms with Gasteiger partial charge in [-0.25, -0.2) is 4.79 Å². The second-order valence-corrected chi connectivity index (χ2v) is 6.13. The summed E-state index contributed by atoms with van der Waals surface area (Å²) in [6.45, 7) is 0. The molecule has 2 saturated carbocycles. The van der Waals surface area contributed by atoms with Crippen LogP contribution >= 0.6 is 0 Å². The van der Waals surface area contributed by atoms with Crippen molar-refractivity contribution in [1.82, 2.24) is 5.32 Å². The molecule has 2 fully saturated rings. The molecule has 2 N–H and O–H groups in total. The molecule has 19 heavy (non-hydrogen) atoms. The van der Waals surface area contributed by atoms with Gasteiger partial charge in [-0.3, -0.25) is 4.79 Å². The van der Waals surface area contributed by atoms with Gasteiger partial charge in [-0.05, 0) is 25.7 Å². The Balaban J connectivity index is 2.02. The highest BCUT2D eigenvalue weighted by atomic mass is 16.4. The Kier molecular flexibility index (Phi) is 4.83. The number of amides is 1. The lowest BCUT2D eigenvalue weighted by Gasteiger charge is -2.32. The molecule has 0 spiro atoms. The first-order chi connectivity index (χ1) is 9.14. The molecule has 0 unspecified atom stereocenters. The molecular formula is C15H25NO3. The monoisotopic (exact) mass is 267 g/mol. The van der Waals surface area contributed by atoms with Crippen LogP contribution < -0.4 is 5.32 Å². The summed E-state index contributed by atoms with van der Waals surface area (Å²) in [5, 5.41) is 12.4. The maximum Gasteiger partial charge on any atom is 0.329 e. The summed E-state index contributed by atoms with van der Waals surface area (Å²) in [5.74, 6) is -0.837. The van der Waals surface area contributed by atoms with Gasteiger partial charge >= 0.3 is 5.97 Å². The minimum atomic E-state index is -0.995. The van der Waals surface area contributed by atoms with Crippen molar-refractivity contribution in [3.8, 4) is 0 Å². The van der Waals surface area contributed by atoms with E-state index < -0.39 is 11.5 Å². The fourth-order valence-electron chi connectivity index (χ4n) is 3.43. The highest BCUT2D eigenvalue weighted by Crippen LogP contribution is 2.30. The van der Waals surface area contributed by atoms with E-state index in [4.69, 9.17) is 0 Å². The van der Waals surface area contributed by atoms with Crippen molar-refractivity contribution in [2.24, 2.45) is 5.92 Å². The Morgan fingerprint density at radius 3 is 1.95 bits per heavy atom. The topological polar surface area (TPSA) is 66.4 Å². The minimum Gasteiger partial charge on any atom is -0.480 e. The zero-order valence-corrected chi connectivity index (χ0v) is 11.6. The molecule has 108 valence electrons. The fraction of sp³-hybridized carbons (Fsp3) is 0.867. The number of carboxylic acid groups (broad SMARTS) is 1. The number of rotatable bonds is 3. The molecule has 0 aliphatic heterocycles. The standard InChI is InChI=1S/C15H25NO3/c17-13(12-8-4-3-5-9-12)16-15(14(18)19)10-6-1-2-7-11-15/h12H,1-11H2,(H,16,17)(H,18,19). The van der Waals surface area contributed by atoms with Gasteiger partial charge < -0.3 is 10.4 Å². The molecule has 0 aromatic carbocycles. The third kappa shape index (κ3) is 3.48. The smallest absolute Gasteiger partial charge is 0.329 e. The Hall–Kier alpha value is -1.06. The molecule has 1 amide bonds. The summed E-state index contributed by atoms with van der Waals surface area (Å²) in [4.78, 5) is 23.9. The van der Waals surface area contributed by atoms with Crippen LogP contribution in [0.4, 0.5) is 0 Å². The van der Waals surface area contributed by atoms with Crippen LogP contribution in [0.2, 0.25) is 0 Å². The van der Waals surface area contributed by atoms with Crippen molar-refractivity contribution in [1.29, 1.82) is 0 Å². The Bertz CT molecular complexity index is 326. The maximum absolute atomic E-state index is 12.3. The Morgan fingerprint density at radius 2 is 1.42 bits per heavy atom. The number of hydrogen-bond acceptors (Lipinski definition) is 2. The average Bonchev–Trinajstić information content (AvgIpc) is 2.66. The van der Waals surface area contributed by atoms with Crippen LogP contribution in [-0.2, 0) is 9.59 Å². The Morgan fingerprint density at radius 1 is 0.895 bits per heavy atom. The molecule has 2 aliphatic rings. The van der Waals surface area contributed by atoms with E-state index in [9.17, 15) is 14.7 Å². The number of aliphatic carboxylic acids is 1. The third-order valence-corrected chi connectivity index (χ3v) is 4.70. The first kappa shape index (κ1) is 14.4. The van der Waals surface area contributed by atoms with Crippen molar-refractivity contribution < 1.29 is 14.7 Å². The summed E-state index contributed by atoms with van der Waals surface area (Å²) in [7, 11) is 0. The average molecular weight is 267 g/mol. The highest BCUT2D eigenvalue weighted by Gasteiger charge is 2.41. The van der Waals surface area contributed by atoms with Crippen LogP contribution in [0.3, 0.4) is 0 Å². The molecule has 4 nitrogen and oxygen atoms in total. The predicted octanol–water partition coefficient (Wildman–Crippen LogP) is 2.86. The zero-order valence-electron chi connectivity index (χ0n) is 11.6. The van der Waals surface area contributed by atoms with E-state index >= 15 is 0 Å². The number of hydrogen-bond donors (Lipinski definition) is 2. The van der Waals surface area contributed by atoms with E-state index in [-0.39, 0.29) is 11.8 Å². The van der Waals surface area contributed by atoms with Gasteiger partial charge in [0.05, 0.1) is 0 Å². The van der Waals surface area contributed by atoms with Gasteiger partial charge in [0.1, 0.15) is 5.54 Å². The normalized spacial score (nSPS) is 24.4. The molecule has 2 rings (SSSR count). The van der Waals surface area contributed by atoms with Gasteiger partial charge in [0.25, 0.3) is 0 Å². The first-order valence-corrected chi connectivity index (χ1v) is 7.69. The molecular weight excluding hydrogens is 242 g/mol. The molecule has 4 heteroatoms. The van der Waals surface area contributed by atoms with Gasteiger partial charge in [-0.1, -0.05) is 44.9 Å². The molecule has 0 saturated heterocycles. The quantitative estimate of drug-likeness (QED) is 0.773. The van der Waals surface area contributed by atoms with Crippen molar-refractivity contribution >= 4 is 11.9 Å². The highest BCUT2D eigenvalue weighted by molar-refractivity contribution is 5.88. The van der Waals surface area contributed by atoms with Crippen LogP contribution in [-0.4, -0.2) is 22.5 Å². The van der Waals surface area contributed by atoms with Crippen molar-refractivity contribution in [2.75, 3.05) is 0 Å². The van der Waals surface area contributed by atoms with Crippen LogP contribution in [0.15, 0.2) is 0 Å². The largest absolute Gasteiger partial charge is 0.480 e. The van der Waals surface area contributed by atoms with Crippen molar-refractivity contribution in [2.45, 2.75) is 76.2 Å². The fourth-order valence-corrected chi connectivity index (χ4v) is 3.43. The maximum atomic E-state index is 12.3. The number of carboxylic acids is 1. The lowest BCUT2D eigenvalue weighted by Crippen LogP contribution is -2.55. The van der Waals surface area contributed by atoms with Gasteiger partial charge in [0.2, 0.25) is 5.91 Å². The number of carbonyl (C=O) groups excluding carboxylic acids is 1. The number of nitrogens with one attached hydrogen (secondary N) is 1. The van der Waals surface area contributed by atoms with Gasteiger partial charge in [-0.15, -0.1) is 0 Å². The molecule has 0 aromatic rings. The molecule has 0 radical (unpaired) electrons. The van der Waals surface area contributed by atoms with E-state index in [1.165, 1.54) is 6.42 Å². The van der Waals surface area contributed by atoms with Gasteiger partial charge in [-0.2, -0.15) is 0 Å². The van der Waals surface area contributed by atoms with Crippen LogP contribution in [0.5, 0.6) is 0 Å². The summed E-state index contributed by atoms with van der Waals surface area (Å²) >= 11 is 0. The van der Waals surface area contributed by atoms with E-state index in [1.807, 2.05) is 0 Å². The molecule has 0 heterocycles. The second kappa shape index (κ2) is 6.40. The van der Waals surface area contributed by atoms with E-state index in [0.29, 0.717) is 12.8 Å². The predicted molar refractivity (Wildman–Crippen MR) is 72.8 cm³/mol. The molecule has 0 atom stereocenters. The lowest BCUT2D eigenvalue weighted by atomic mass is 9.85. The van der Waals surface area contributed by atoms with Crippen LogP contribution in [0.25, 0.3) is 0 Å².